The van der Waals surface area contributed by atoms with Crippen LogP contribution in [-0.4, -0.2) is 44.9 Å². The van der Waals surface area contributed by atoms with Crippen LogP contribution in [0.5, 0.6) is 5.75 Å². The number of carbonyl (C=O) groups excluding carboxylic acids is 1. The lowest BCUT2D eigenvalue weighted by molar-refractivity contribution is 0.0977. The van der Waals surface area contributed by atoms with E-state index < -0.39 is 10.0 Å². The van der Waals surface area contributed by atoms with E-state index in [0.29, 0.717) is 21.5 Å². The van der Waals surface area contributed by atoms with Crippen molar-refractivity contribution in [2.24, 2.45) is 0 Å². The van der Waals surface area contributed by atoms with Gasteiger partial charge in [0.2, 0.25) is 10.0 Å². The third kappa shape index (κ3) is 5.25. The first-order valence-electron chi connectivity index (χ1n) is 7.63. The summed E-state index contributed by atoms with van der Waals surface area (Å²) >= 11 is 8.46. The van der Waals surface area contributed by atoms with Gasteiger partial charge >= 0.3 is 0 Å². The maximum Gasteiger partial charge on any atom is 0.257 e. The van der Waals surface area contributed by atoms with Gasteiger partial charge in [-0.3, -0.25) is 10.1 Å². The topological polar surface area (TPSA) is 87.7 Å². The van der Waals surface area contributed by atoms with Gasteiger partial charge < -0.3 is 10.1 Å². The Labute approximate surface area is 171 Å². The summed E-state index contributed by atoms with van der Waals surface area (Å²) in [6.07, 6.45) is 0. The van der Waals surface area contributed by atoms with Gasteiger partial charge in [-0.2, -0.15) is 0 Å². The van der Waals surface area contributed by atoms with Crippen molar-refractivity contribution < 1.29 is 17.9 Å². The highest BCUT2D eigenvalue weighted by molar-refractivity contribution is 9.10. The molecular formula is C17H18BrN3O4S2. The molecule has 0 radical (unpaired) electrons. The van der Waals surface area contributed by atoms with Crippen molar-refractivity contribution in [3.8, 4) is 5.75 Å². The zero-order valence-corrected chi connectivity index (χ0v) is 18.0. The van der Waals surface area contributed by atoms with E-state index in [9.17, 15) is 13.2 Å². The molecule has 0 atom stereocenters. The van der Waals surface area contributed by atoms with Crippen molar-refractivity contribution in [3.05, 3.63) is 52.5 Å². The quantitative estimate of drug-likeness (QED) is 0.651. The van der Waals surface area contributed by atoms with Gasteiger partial charge in [0.05, 0.1) is 16.5 Å². The number of nitrogens with zero attached hydrogens (tertiary/aromatic N) is 1. The molecule has 0 aliphatic carbocycles. The van der Waals surface area contributed by atoms with E-state index in [1.54, 1.807) is 30.3 Å². The highest BCUT2D eigenvalue weighted by Crippen LogP contribution is 2.25. The Hall–Kier alpha value is -2.01. The second kappa shape index (κ2) is 8.79. The molecule has 0 bridgehead atoms. The number of halogens is 1. The first-order valence-corrected chi connectivity index (χ1v) is 10.3. The average Bonchev–Trinajstić information content (AvgIpc) is 2.61. The van der Waals surface area contributed by atoms with E-state index in [1.807, 2.05) is 0 Å². The number of hydrogen-bond donors (Lipinski definition) is 2. The molecule has 0 spiro atoms. The summed E-state index contributed by atoms with van der Waals surface area (Å²) in [7, 11) is 0.961. The van der Waals surface area contributed by atoms with Gasteiger partial charge in [-0.25, -0.2) is 12.7 Å². The second-order valence-corrected chi connectivity index (χ2v) is 8.98. The smallest absolute Gasteiger partial charge is 0.257 e. The van der Waals surface area contributed by atoms with E-state index in [4.69, 9.17) is 17.0 Å². The summed E-state index contributed by atoms with van der Waals surface area (Å²) in [6.45, 7) is 0. The number of methoxy groups -OCH3 is 1. The van der Waals surface area contributed by atoms with E-state index in [1.165, 1.54) is 33.3 Å². The van der Waals surface area contributed by atoms with Gasteiger partial charge in [-0.05, 0) is 70.6 Å². The van der Waals surface area contributed by atoms with E-state index in [2.05, 4.69) is 26.6 Å². The van der Waals surface area contributed by atoms with Crippen molar-refractivity contribution in [2.75, 3.05) is 26.5 Å². The molecule has 2 aromatic rings. The summed E-state index contributed by atoms with van der Waals surface area (Å²) in [5.41, 5.74) is 0.952. The number of hydrogen-bond acceptors (Lipinski definition) is 5. The summed E-state index contributed by atoms with van der Waals surface area (Å²) in [6, 6.07) is 11.0. The number of anilines is 1. The zero-order valence-electron chi connectivity index (χ0n) is 14.8. The third-order valence-corrected chi connectivity index (χ3v) is 6.18. The Morgan fingerprint density at radius 2 is 1.78 bits per heavy atom. The Balaban J connectivity index is 2.03. The number of ether oxygens (including phenoxy) is 1. The molecule has 0 unspecified atom stereocenters. The fourth-order valence-electron chi connectivity index (χ4n) is 2.07. The largest absolute Gasteiger partial charge is 0.496 e. The molecule has 2 rings (SSSR count). The summed E-state index contributed by atoms with van der Waals surface area (Å²) in [5.74, 6) is 0.225. The average molecular weight is 472 g/mol. The molecule has 0 aliphatic rings. The predicted octanol–water partition coefficient (Wildman–Crippen LogP) is 2.83. The predicted molar refractivity (Wildman–Crippen MR) is 112 cm³/mol. The van der Waals surface area contributed by atoms with E-state index >= 15 is 0 Å². The van der Waals surface area contributed by atoms with Crippen LogP contribution in [0.2, 0.25) is 0 Å². The Morgan fingerprint density at radius 3 is 2.30 bits per heavy atom. The summed E-state index contributed by atoms with van der Waals surface area (Å²) in [5, 5.41) is 5.50. The molecule has 144 valence electrons. The van der Waals surface area contributed by atoms with Crippen LogP contribution in [0.3, 0.4) is 0 Å². The fourth-order valence-corrected chi connectivity index (χ4v) is 3.72. The number of nitrogens with one attached hydrogen (secondary N) is 2. The minimum absolute atomic E-state index is 0.0927. The van der Waals surface area contributed by atoms with Crippen LogP contribution in [0, 0.1) is 0 Å². The number of amides is 1. The molecule has 0 aliphatic heterocycles. The Kier molecular flexibility index (Phi) is 6.93. The number of thiocarbonyl (C=S) groups is 1. The molecule has 2 N–H and O–H groups in total. The minimum atomic E-state index is -3.50. The van der Waals surface area contributed by atoms with E-state index in [-0.39, 0.29) is 15.9 Å². The molecule has 1 amide bonds. The van der Waals surface area contributed by atoms with Crippen molar-refractivity contribution in [1.29, 1.82) is 0 Å². The molecule has 7 nitrogen and oxygen atoms in total. The first-order chi connectivity index (χ1) is 12.6. The van der Waals surface area contributed by atoms with E-state index in [0.717, 1.165) is 4.31 Å². The van der Waals surface area contributed by atoms with Crippen LogP contribution in [0.15, 0.2) is 51.8 Å². The molecule has 2 aromatic carbocycles. The summed E-state index contributed by atoms with van der Waals surface area (Å²) in [4.78, 5) is 12.4. The van der Waals surface area contributed by atoms with Crippen LogP contribution in [0.25, 0.3) is 0 Å². The van der Waals surface area contributed by atoms with Gasteiger partial charge in [0.25, 0.3) is 5.91 Å². The number of benzene rings is 2. The van der Waals surface area contributed by atoms with Gasteiger partial charge in [0, 0.05) is 25.3 Å². The fraction of sp³-hybridized carbons (Fsp3) is 0.176. The SMILES string of the molecule is COc1ccc(C(=O)NC(=S)Nc2ccc(S(=O)(=O)N(C)C)cc2)cc1Br. The molecule has 10 heteroatoms. The van der Waals surface area contributed by atoms with Crippen LogP contribution in [0.1, 0.15) is 10.4 Å². The summed E-state index contributed by atoms with van der Waals surface area (Å²) < 4.78 is 31.0. The monoisotopic (exact) mass is 471 g/mol. The van der Waals surface area contributed by atoms with Crippen LogP contribution in [-0.2, 0) is 10.0 Å². The molecular weight excluding hydrogens is 454 g/mol. The van der Waals surface area contributed by atoms with Crippen LogP contribution in [0.4, 0.5) is 5.69 Å². The lowest BCUT2D eigenvalue weighted by Crippen LogP contribution is -2.34. The second-order valence-electron chi connectivity index (χ2n) is 5.57. The Morgan fingerprint density at radius 1 is 1.15 bits per heavy atom. The third-order valence-electron chi connectivity index (χ3n) is 3.53. The molecule has 0 saturated carbocycles. The number of sulfonamides is 1. The van der Waals surface area contributed by atoms with Gasteiger partial charge in [0.15, 0.2) is 5.11 Å². The van der Waals surface area contributed by atoms with Gasteiger partial charge in [0.1, 0.15) is 5.75 Å². The molecule has 27 heavy (non-hydrogen) atoms. The number of carbonyl (C=O) groups is 1. The van der Waals surface area contributed by atoms with Crippen molar-refractivity contribution >= 4 is 54.9 Å². The zero-order chi connectivity index (χ0) is 20.2. The molecule has 0 saturated heterocycles. The maximum atomic E-state index is 12.3. The lowest BCUT2D eigenvalue weighted by Gasteiger charge is -2.13. The number of rotatable bonds is 5. The highest BCUT2D eigenvalue weighted by Gasteiger charge is 2.17. The molecule has 0 aromatic heterocycles. The minimum Gasteiger partial charge on any atom is -0.496 e. The Bertz CT molecular complexity index is 961. The van der Waals surface area contributed by atoms with Gasteiger partial charge in [-0.15, -0.1) is 0 Å². The normalized spacial score (nSPS) is 11.1. The van der Waals surface area contributed by atoms with Crippen LogP contribution < -0.4 is 15.4 Å². The van der Waals surface area contributed by atoms with Crippen molar-refractivity contribution in [3.63, 3.8) is 0 Å². The lowest BCUT2D eigenvalue weighted by atomic mass is 10.2. The standard InChI is InChI=1S/C17H18BrN3O4S2/c1-21(2)27(23,24)13-7-5-12(6-8-13)19-17(26)20-16(22)11-4-9-15(25-3)14(18)10-11/h4-10H,1-3H3,(H2,19,20,22,26). The molecule has 0 fully saturated rings. The first kappa shape index (κ1) is 21.3. The van der Waals surface area contributed by atoms with Crippen molar-refractivity contribution in [1.82, 2.24) is 9.62 Å². The molecule has 0 heterocycles. The van der Waals surface area contributed by atoms with Crippen molar-refractivity contribution in [2.45, 2.75) is 4.90 Å². The maximum absolute atomic E-state index is 12.3. The van der Waals surface area contributed by atoms with Crippen LogP contribution >= 0.6 is 28.1 Å². The van der Waals surface area contributed by atoms with Gasteiger partial charge in [-0.1, -0.05) is 0 Å². The highest BCUT2D eigenvalue weighted by atomic mass is 79.9.